The summed E-state index contributed by atoms with van der Waals surface area (Å²) in [5.74, 6) is 0.702. The number of nitrogens with zero attached hydrogens (tertiary/aromatic N) is 4. The van der Waals surface area contributed by atoms with Crippen LogP contribution in [0.1, 0.15) is 0 Å². The minimum atomic E-state index is 0.702. The van der Waals surface area contributed by atoms with Crippen LogP contribution >= 0.6 is 0 Å². The minimum Gasteiger partial charge on any atom is -0.309 e. The van der Waals surface area contributed by atoms with E-state index in [9.17, 15) is 0 Å². The van der Waals surface area contributed by atoms with Gasteiger partial charge >= 0.3 is 0 Å². The zero-order chi connectivity index (χ0) is 39.6. The summed E-state index contributed by atoms with van der Waals surface area (Å²) in [4.78, 5) is 10.4. The fourth-order valence-corrected chi connectivity index (χ4v) is 9.18. The van der Waals surface area contributed by atoms with Gasteiger partial charge in [-0.2, -0.15) is 0 Å². The first-order chi connectivity index (χ1) is 29.8. The molecular weight excluding hydrogens is 729 g/mol. The summed E-state index contributed by atoms with van der Waals surface area (Å²) >= 11 is 0. The molecule has 0 aliphatic rings. The van der Waals surface area contributed by atoms with Crippen LogP contribution in [0.15, 0.2) is 218 Å². The average molecular weight is 765 g/mol. The normalized spacial score (nSPS) is 11.7. The van der Waals surface area contributed by atoms with Crippen molar-refractivity contribution in [3.63, 3.8) is 0 Å². The van der Waals surface area contributed by atoms with E-state index in [0.717, 1.165) is 50.2 Å². The molecule has 280 valence electrons. The standard InChI is InChI=1S/C56H36N4/c1-4-15-37(16-5-1)38-27-29-39(30-28-38)49-36-50(58-56(57-49)40-17-6-2-7-18-40)45-24-14-19-41-35-43(31-32-44(41)45)59-52-26-13-11-23-48(52)54-53(59)34-33-47-46-22-10-12-25-51(46)60(55(47)54)42-20-8-3-9-21-42/h1-36H. The van der Waals surface area contributed by atoms with E-state index in [1.807, 2.05) is 24.3 Å². The first kappa shape index (κ1) is 34.0. The molecule has 0 N–H and O–H groups in total. The van der Waals surface area contributed by atoms with Crippen molar-refractivity contribution in [3.8, 4) is 56.4 Å². The van der Waals surface area contributed by atoms with Crippen LogP contribution in [0.3, 0.4) is 0 Å². The third-order valence-corrected chi connectivity index (χ3v) is 11.9. The molecule has 0 unspecified atom stereocenters. The Kier molecular flexibility index (Phi) is 7.82. The maximum atomic E-state index is 5.23. The highest BCUT2D eigenvalue weighted by atomic mass is 15.0. The molecule has 60 heavy (non-hydrogen) atoms. The van der Waals surface area contributed by atoms with E-state index in [-0.39, 0.29) is 0 Å². The predicted molar refractivity (Wildman–Crippen MR) is 250 cm³/mol. The lowest BCUT2D eigenvalue weighted by Gasteiger charge is -2.13. The van der Waals surface area contributed by atoms with Crippen LogP contribution in [0, 0.1) is 0 Å². The third kappa shape index (κ3) is 5.46. The predicted octanol–water partition coefficient (Wildman–Crippen LogP) is 14.5. The molecule has 3 heterocycles. The first-order valence-electron chi connectivity index (χ1n) is 20.4. The number of rotatable bonds is 6. The van der Waals surface area contributed by atoms with Gasteiger partial charge in [0.1, 0.15) is 0 Å². The molecule has 9 aromatic carbocycles. The summed E-state index contributed by atoms with van der Waals surface area (Å²) in [6.45, 7) is 0. The molecule has 0 fully saturated rings. The lowest BCUT2D eigenvalue weighted by Crippen LogP contribution is -1.97. The van der Waals surface area contributed by atoms with Gasteiger partial charge in [-0.25, -0.2) is 9.97 Å². The van der Waals surface area contributed by atoms with E-state index in [2.05, 4.69) is 203 Å². The molecule has 3 aromatic heterocycles. The van der Waals surface area contributed by atoms with Gasteiger partial charge in [0.2, 0.25) is 0 Å². The second-order valence-corrected chi connectivity index (χ2v) is 15.4. The number of para-hydroxylation sites is 3. The average Bonchev–Trinajstić information content (AvgIpc) is 3.85. The molecule has 4 heteroatoms. The Morgan fingerprint density at radius 2 is 0.917 bits per heavy atom. The topological polar surface area (TPSA) is 35.6 Å². The van der Waals surface area contributed by atoms with Crippen LogP contribution < -0.4 is 0 Å². The molecule has 0 saturated heterocycles. The highest BCUT2D eigenvalue weighted by Crippen LogP contribution is 2.42. The fourth-order valence-electron chi connectivity index (χ4n) is 9.18. The van der Waals surface area contributed by atoms with Gasteiger partial charge in [0.15, 0.2) is 5.82 Å². The summed E-state index contributed by atoms with van der Waals surface area (Å²) in [5.41, 5.74) is 14.3. The lowest BCUT2D eigenvalue weighted by molar-refractivity contribution is 1.18. The molecule has 0 saturated carbocycles. The lowest BCUT2D eigenvalue weighted by atomic mass is 9.99. The highest BCUT2D eigenvalue weighted by Gasteiger charge is 2.21. The Labute approximate surface area is 346 Å². The van der Waals surface area contributed by atoms with Gasteiger partial charge < -0.3 is 9.13 Å². The second-order valence-electron chi connectivity index (χ2n) is 15.4. The summed E-state index contributed by atoms with van der Waals surface area (Å²) in [5, 5.41) is 7.25. The van der Waals surface area contributed by atoms with Crippen molar-refractivity contribution in [2.75, 3.05) is 0 Å². The molecular formula is C56H36N4. The summed E-state index contributed by atoms with van der Waals surface area (Å²) < 4.78 is 4.87. The molecule has 12 aromatic rings. The van der Waals surface area contributed by atoms with Crippen molar-refractivity contribution in [2.24, 2.45) is 0 Å². The quantitative estimate of drug-likeness (QED) is 0.169. The number of hydrogen-bond acceptors (Lipinski definition) is 2. The van der Waals surface area contributed by atoms with Gasteiger partial charge in [-0.1, -0.05) is 170 Å². The minimum absolute atomic E-state index is 0.702. The van der Waals surface area contributed by atoms with Crippen molar-refractivity contribution in [1.82, 2.24) is 19.1 Å². The van der Waals surface area contributed by atoms with E-state index < -0.39 is 0 Å². The second kappa shape index (κ2) is 13.8. The number of hydrogen-bond donors (Lipinski definition) is 0. The monoisotopic (exact) mass is 764 g/mol. The molecule has 0 aliphatic carbocycles. The molecule has 12 rings (SSSR count). The van der Waals surface area contributed by atoms with E-state index in [1.54, 1.807) is 0 Å². The molecule has 0 aliphatic heterocycles. The van der Waals surface area contributed by atoms with E-state index in [0.29, 0.717) is 5.82 Å². The van der Waals surface area contributed by atoms with Crippen molar-refractivity contribution in [1.29, 1.82) is 0 Å². The van der Waals surface area contributed by atoms with Gasteiger partial charge in [0.05, 0.1) is 33.5 Å². The van der Waals surface area contributed by atoms with Crippen LogP contribution in [-0.4, -0.2) is 19.1 Å². The largest absolute Gasteiger partial charge is 0.309 e. The number of fused-ring (bicyclic) bond motifs is 8. The molecule has 0 bridgehead atoms. The van der Waals surface area contributed by atoms with Gasteiger partial charge in [-0.15, -0.1) is 0 Å². The maximum absolute atomic E-state index is 5.23. The Hall–Kier alpha value is -8.08. The van der Waals surface area contributed by atoms with Gasteiger partial charge in [0, 0.05) is 49.6 Å². The van der Waals surface area contributed by atoms with Gasteiger partial charge in [0.25, 0.3) is 0 Å². The van der Waals surface area contributed by atoms with Crippen LogP contribution in [0.2, 0.25) is 0 Å². The van der Waals surface area contributed by atoms with Crippen LogP contribution in [0.25, 0.3) is 111 Å². The number of benzene rings is 9. The highest BCUT2D eigenvalue weighted by molar-refractivity contribution is 6.26. The maximum Gasteiger partial charge on any atom is 0.160 e. The van der Waals surface area contributed by atoms with Crippen LogP contribution in [0.4, 0.5) is 0 Å². The molecule has 0 amide bonds. The van der Waals surface area contributed by atoms with Crippen molar-refractivity contribution < 1.29 is 0 Å². The van der Waals surface area contributed by atoms with E-state index in [4.69, 9.17) is 9.97 Å². The molecule has 0 radical (unpaired) electrons. The summed E-state index contributed by atoms with van der Waals surface area (Å²) in [6, 6.07) is 77.9. The number of aromatic nitrogens is 4. The molecule has 0 spiro atoms. The fraction of sp³-hybridized carbons (Fsp3) is 0. The van der Waals surface area contributed by atoms with Crippen molar-refractivity contribution >= 4 is 54.4 Å². The van der Waals surface area contributed by atoms with Crippen molar-refractivity contribution in [2.45, 2.75) is 0 Å². The summed E-state index contributed by atoms with van der Waals surface area (Å²) in [7, 11) is 0. The smallest absolute Gasteiger partial charge is 0.160 e. The Morgan fingerprint density at radius 1 is 0.317 bits per heavy atom. The zero-order valence-electron chi connectivity index (χ0n) is 32.6. The van der Waals surface area contributed by atoms with Crippen LogP contribution in [-0.2, 0) is 0 Å². The Morgan fingerprint density at radius 3 is 1.68 bits per heavy atom. The molecule has 4 nitrogen and oxygen atoms in total. The van der Waals surface area contributed by atoms with Gasteiger partial charge in [-0.05, 0) is 70.4 Å². The Bertz CT molecular complexity index is 3570. The molecule has 0 atom stereocenters. The summed E-state index contributed by atoms with van der Waals surface area (Å²) in [6.07, 6.45) is 0. The SMILES string of the molecule is c1ccc(-c2ccc(-c3cc(-c4cccc5cc(-n6c7ccccc7c7c6ccc6c8ccccc8n(-c8ccccc8)c67)ccc45)nc(-c4ccccc4)n3)cc2)cc1. The van der Waals surface area contributed by atoms with Crippen LogP contribution in [0.5, 0.6) is 0 Å². The Balaban J connectivity index is 1.04. The van der Waals surface area contributed by atoms with Gasteiger partial charge in [-0.3, -0.25) is 0 Å². The first-order valence-corrected chi connectivity index (χ1v) is 20.4. The third-order valence-electron chi connectivity index (χ3n) is 11.9. The zero-order valence-corrected chi connectivity index (χ0v) is 32.6. The van der Waals surface area contributed by atoms with Crippen molar-refractivity contribution in [3.05, 3.63) is 218 Å². The van der Waals surface area contributed by atoms with E-state index >= 15 is 0 Å². The van der Waals surface area contributed by atoms with E-state index in [1.165, 1.54) is 54.7 Å².